The number of aliphatic hydroxyl groups is 1. The van der Waals surface area contributed by atoms with Crippen LogP contribution in [0.5, 0.6) is 0 Å². The molecule has 2 aliphatic heterocycles. The van der Waals surface area contributed by atoms with Gasteiger partial charge in [0.05, 0.1) is 13.2 Å². The first kappa shape index (κ1) is 20.2. The van der Waals surface area contributed by atoms with Crippen molar-refractivity contribution in [3.05, 3.63) is 59.9 Å². The number of hydrogen-bond donors (Lipinski definition) is 1. The predicted octanol–water partition coefficient (Wildman–Crippen LogP) is 2.02. The van der Waals surface area contributed by atoms with E-state index in [0.717, 1.165) is 16.5 Å². The number of rotatable bonds is 3. The van der Waals surface area contributed by atoms with Crippen LogP contribution in [-0.2, 0) is 9.53 Å². The summed E-state index contributed by atoms with van der Waals surface area (Å²) < 4.78 is 10.4. The zero-order valence-corrected chi connectivity index (χ0v) is 17.3. The fourth-order valence-corrected chi connectivity index (χ4v) is 4.09. The first-order valence-electron chi connectivity index (χ1n) is 10.4. The molecule has 0 spiro atoms. The molecule has 32 heavy (non-hydrogen) atoms. The zero-order chi connectivity index (χ0) is 22.3. The number of carbonyl (C=O) groups excluding carboxylic acids is 2. The molecule has 1 N–H and O–H groups in total. The lowest BCUT2D eigenvalue weighted by atomic mass is 10.00. The van der Waals surface area contributed by atoms with Crippen molar-refractivity contribution < 1.29 is 23.8 Å². The smallest absolute Gasteiger partial charge is 0.259 e. The highest BCUT2D eigenvalue weighted by atomic mass is 16.5. The minimum atomic E-state index is -1.41. The van der Waals surface area contributed by atoms with Crippen LogP contribution in [0.3, 0.4) is 0 Å². The Labute approximate surface area is 184 Å². The van der Waals surface area contributed by atoms with Crippen molar-refractivity contribution in [2.75, 3.05) is 39.4 Å². The largest absolute Gasteiger partial charge is 0.446 e. The molecule has 5 rings (SSSR count). The van der Waals surface area contributed by atoms with E-state index >= 15 is 0 Å². The van der Waals surface area contributed by atoms with E-state index in [0.29, 0.717) is 37.3 Å². The van der Waals surface area contributed by atoms with Crippen LogP contribution < -0.4 is 0 Å². The Morgan fingerprint density at radius 2 is 1.59 bits per heavy atom. The molecule has 2 amide bonds. The Hall–Kier alpha value is -3.67. The number of carbonyl (C=O) groups is 2. The lowest BCUT2D eigenvalue weighted by Gasteiger charge is -2.42. The van der Waals surface area contributed by atoms with Crippen LogP contribution in [0.25, 0.3) is 22.1 Å². The summed E-state index contributed by atoms with van der Waals surface area (Å²) in [6.45, 7) is 1.68. The van der Waals surface area contributed by atoms with Gasteiger partial charge in [0.25, 0.3) is 11.8 Å². The van der Waals surface area contributed by atoms with Crippen molar-refractivity contribution in [2.45, 2.75) is 5.60 Å². The van der Waals surface area contributed by atoms with Crippen molar-refractivity contribution in [1.29, 1.82) is 5.26 Å². The number of ether oxygens (including phenoxy) is 1. The van der Waals surface area contributed by atoms with E-state index in [4.69, 9.17) is 14.4 Å². The molecule has 0 atom stereocenters. The fourth-order valence-electron chi connectivity index (χ4n) is 4.09. The minimum absolute atomic E-state index is 0.0321. The van der Waals surface area contributed by atoms with E-state index in [-0.39, 0.29) is 30.8 Å². The first-order valence-corrected chi connectivity index (χ1v) is 10.4. The molecule has 162 valence electrons. The Morgan fingerprint density at radius 1 is 0.938 bits per heavy atom. The molecule has 0 saturated carbocycles. The third-order valence-corrected chi connectivity index (χ3v) is 6.03. The van der Waals surface area contributed by atoms with Gasteiger partial charge in [-0.25, -0.2) is 0 Å². The van der Waals surface area contributed by atoms with Crippen molar-refractivity contribution >= 4 is 22.8 Å². The molecular formula is C24H21N3O5. The van der Waals surface area contributed by atoms with Crippen LogP contribution in [0.2, 0.25) is 0 Å². The molecule has 2 aromatic carbocycles. The van der Waals surface area contributed by atoms with Gasteiger partial charge in [0.15, 0.2) is 5.60 Å². The van der Waals surface area contributed by atoms with E-state index in [1.54, 1.807) is 28.0 Å². The number of amides is 2. The maximum Gasteiger partial charge on any atom is 0.259 e. The molecule has 1 aromatic heterocycles. The van der Waals surface area contributed by atoms with E-state index in [9.17, 15) is 14.7 Å². The van der Waals surface area contributed by atoms with Gasteiger partial charge in [-0.15, -0.1) is 0 Å². The third-order valence-electron chi connectivity index (χ3n) is 6.03. The van der Waals surface area contributed by atoms with Gasteiger partial charge in [-0.2, -0.15) is 5.26 Å². The molecule has 0 unspecified atom stereocenters. The van der Waals surface area contributed by atoms with Gasteiger partial charge in [-0.3, -0.25) is 9.59 Å². The highest BCUT2D eigenvalue weighted by Crippen LogP contribution is 2.27. The van der Waals surface area contributed by atoms with E-state index in [1.165, 1.54) is 0 Å². The summed E-state index contributed by atoms with van der Waals surface area (Å²) >= 11 is 0. The zero-order valence-electron chi connectivity index (χ0n) is 17.3. The Kier molecular flexibility index (Phi) is 4.93. The summed E-state index contributed by atoms with van der Waals surface area (Å²) in [7, 11) is 0. The standard InChI is InChI=1S/C24H21N3O5/c25-13-20-12-19-11-18(5-6-21(19)32-20)16-1-3-17(4-2-16)22(28)26-7-9-27(10-8-26)23(29)24(30)14-31-15-24/h1-6,11-12,30H,7-10,14-15H2. The highest BCUT2D eigenvalue weighted by Gasteiger charge is 2.46. The normalized spacial score (nSPS) is 17.6. The number of furan rings is 1. The average molecular weight is 431 g/mol. The van der Waals surface area contributed by atoms with Gasteiger partial charge in [-0.05, 0) is 35.4 Å². The van der Waals surface area contributed by atoms with Crippen LogP contribution >= 0.6 is 0 Å². The molecular weight excluding hydrogens is 410 g/mol. The molecule has 2 fully saturated rings. The molecule has 0 aliphatic carbocycles. The third kappa shape index (κ3) is 3.51. The van der Waals surface area contributed by atoms with Crippen LogP contribution in [-0.4, -0.2) is 71.7 Å². The lowest BCUT2D eigenvalue weighted by molar-refractivity contribution is -0.201. The van der Waals surface area contributed by atoms with Crippen molar-refractivity contribution in [3.8, 4) is 17.2 Å². The van der Waals surface area contributed by atoms with Crippen molar-refractivity contribution in [1.82, 2.24) is 9.80 Å². The van der Waals surface area contributed by atoms with Crippen LogP contribution in [0.1, 0.15) is 16.1 Å². The second kappa shape index (κ2) is 7.79. The molecule has 8 nitrogen and oxygen atoms in total. The van der Waals surface area contributed by atoms with Gasteiger partial charge in [-0.1, -0.05) is 18.2 Å². The molecule has 3 heterocycles. The Morgan fingerprint density at radius 3 is 2.22 bits per heavy atom. The predicted molar refractivity (Wildman–Crippen MR) is 115 cm³/mol. The van der Waals surface area contributed by atoms with Gasteiger partial charge >= 0.3 is 0 Å². The van der Waals surface area contributed by atoms with Crippen LogP contribution in [0.15, 0.2) is 52.9 Å². The van der Waals surface area contributed by atoms with Crippen LogP contribution in [0, 0.1) is 11.3 Å². The summed E-state index contributed by atoms with van der Waals surface area (Å²) in [6.07, 6.45) is 0. The lowest BCUT2D eigenvalue weighted by Crippen LogP contribution is -2.64. The summed E-state index contributed by atoms with van der Waals surface area (Å²) in [5.41, 5.74) is 1.75. The molecule has 0 radical (unpaired) electrons. The SMILES string of the molecule is N#Cc1cc2cc(-c3ccc(C(=O)N4CCN(C(=O)C5(O)COC5)CC4)cc3)ccc2o1. The molecule has 2 saturated heterocycles. The minimum Gasteiger partial charge on any atom is -0.446 e. The monoisotopic (exact) mass is 431 g/mol. The molecule has 8 heteroatoms. The maximum absolute atomic E-state index is 12.9. The number of nitriles is 1. The number of piperazine rings is 1. The second-order valence-corrected chi connectivity index (χ2v) is 8.16. The quantitative estimate of drug-likeness (QED) is 0.680. The van der Waals surface area contributed by atoms with Gasteiger partial charge < -0.3 is 24.1 Å². The number of nitrogens with zero attached hydrogens (tertiary/aromatic N) is 3. The average Bonchev–Trinajstić information content (AvgIpc) is 3.24. The number of benzene rings is 2. The van der Waals surface area contributed by atoms with E-state index < -0.39 is 5.60 Å². The molecule has 2 aliphatic rings. The highest BCUT2D eigenvalue weighted by molar-refractivity contribution is 5.95. The van der Waals surface area contributed by atoms with Gasteiger partial charge in [0.2, 0.25) is 5.76 Å². The maximum atomic E-state index is 12.9. The van der Waals surface area contributed by atoms with E-state index in [1.807, 2.05) is 36.4 Å². The summed E-state index contributed by atoms with van der Waals surface area (Å²) in [5.74, 6) is -0.134. The molecule has 0 bridgehead atoms. The Balaban J connectivity index is 1.25. The summed E-state index contributed by atoms with van der Waals surface area (Å²) in [4.78, 5) is 28.6. The van der Waals surface area contributed by atoms with E-state index in [2.05, 4.69) is 0 Å². The van der Waals surface area contributed by atoms with Crippen LogP contribution in [0.4, 0.5) is 0 Å². The fraction of sp³-hybridized carbons (Fsp3) is 0.292. The van der Waals surface area contributed by atoms with Crippen molar-refractivity contribution in [3.63, 3.8) is 0 Å². The summed E-state index contributed by atoms with van der Waals surface area (Å²) in [5, 5.41) is 20.0. The first-order chi connectivity index (χ1) is 15.5. The van der Waals surface area contributed by atoms with Gasteiger partial charge in [0, 0.05) is 43.2 Å². The summed E-state index contributed by atoms with van der Waals surface area (Å²) in [6, 6.07) is 16.8. The Bertz CT molecular complexity index is 1230. The van der Waals surface area contributed by atoms with Gasteiger partial charge in [0.1, 0.15) is 11.7 Å². The topological polar surface area (TPSA) is 107 Å². The van der Waals surface area contributed by atoms with Crippen molar-refractivity contribution in [2.24, 2.45) is 0 Å². The number of hydrogen-bond acceptors (Lipinski definition) is 6. The number of fused-ring (bicyclic) bond motifs is 1. The molecule has 3 aromatic rings. The second-order valence-electron chi connectivity index (χ2n) is 8.16.